The van der Waals surface area contributed by atoms with Crippen molar-refractivity contribution in [1.29, 1.82) is 10.5 Å². The second kappa shape index (κ2) is 6.15. The van der Waals surface area contributed by atoms with Gasteiger partial charge in [-0.25, -0.2) is 8.42 Å². The number of benzene rings is 1. The van der Waals surface area contributed by atoms with Gasteiger partial charge in [-0.05, 0) is 25.2 Å². The molecule has 0 heterocycles. The van der Waals surface area contributed by atoms with Crippen LogP contribution in [0.1, 0.15) is 5.56 Å². The minimum atomic E-state index is -3.41. The fourth-order valence-corrected chi connectivity index (χ4v) is 2.73. The zero-order chi connectivity index (χ0) is 13.6. The van der Waals surface area contributed by atoms with Gasteiger partial charge in [0.25, 0.3) is 0 Å². The molecule has 0 atom stereocenters. The van der Waals surface area contributed by atoms with Gasteiger partial charge in [-0.15, -0.1) is 0 Å². The maximum atomic E-state index is 12.0. The number of rotatable bonds is 5. The number of sulfone groups is 1. The molecule has 1 rings (SSSR count). The largest absolute Gasteiger partial charge is 0.293 e. The van der Waals surface area contributed by atoms with Gasteiger partial charge in [0, 0.05) is 6.54 Å². The van der Waals surface area contributed by atoms with Crippen molar-refractivity contribution >= 4 is 9.84 Å². The van der Waals surface area contributed by atoms with Crippen molar-refractivity contribution in [2.75, 3.05) is 25.9 Å². The highest BCUT2D eigenvalue weighted by atomic mass is 32.2. The molecule has 0 amide bonds. The van der Waals surface area contributed by atoms with Crippen LogP contribution in [0.25, 0.3) is 0 Å². The van der Waals surface area contributed by atoms with Crippen LogP contribution in [0.3, 0.4) is 0 Å². The molecule has 0 aromatic heterocycles. The Labute approximate surface area is 107 Å². The normalized spacial score (nSPS) is 10.9. The van der Waals surface area contributed by atoms with Crippen molar-refractivity contribution in [2.45, 2.75) is 4.90 Å². The number of nitrogens with zero attached hydrogens (tertiary/aromatic N) is 3. The Morgan fingerprint density at radius 2 is 2.06 bits per heavy atom. The lowest BCUT2D eigenvalue weighted by Crippen LogP contribution is -2.26. The molecule has 1 aromatic rings. The van der Waals surface area contributed by atoms with Gasteiger partial charge in [0.05, 0.1) is 34.9 Å². The summed E-state index contributed by atoms with van der Waals surface area (Å²) in [5.41, 5.74) is 0.321. The van der Waals surface area contributed by atoms with Crippen molar-refractivity contribution in [3.63, 3.8) is 0 Å². The van der Waals surface area contributed by atoms with E-state index in [1.54, 1.807) is 24.1 Å². The van der Waals surface area contributed by atoms with Crippen LogP contribution in [0.5, 0.6) is 0 Å². The molecule has 0 aliphatic heterocycles. The fourth-order valence-electron chi connectivity index (χ4n) is 1.35. The minimum Gasteiger partial charge on any atom is -0.293 e. The van der Waals surface area contributed by atoms with Crippen molar-refractivity contribution in [2.24, 2.45) is 0 Å². The Balaban J connectivity index is 2.81. The summed E-state index contributed by atoms with van der Waals surface area (Å²) in [6.45, 7) is 0.473. The summed E-state index contributed by atoms with van der Waals surface area (Å²) in [6, 6.07) is 9.79. The molecule has 0 unspecified atom stereocenters. The zero-order valence-electron chi connectivity index (χ0n) is 10.00. The Morgan fingerprint density at radius 1 is 1.33 bits per heavy atom. The van der Waals surface area contributed by atoms with Crippen LogP contribution in [-0.4, -0.2) is 39.2 Å². The average molecular weight is 263 g/mol. The van der Waals surface area contributed by atoms with Crippen LogP contribution >= 0.6 is 0 Å². The molecule has 0 radical (unpaired) electrons. The first kappa shape index (κ1) is 14.2. The molecule has 0 fully saturated rings. The highest BCUT2D eigenvalue weighted by Crippen LogP contribution is 2.12. The summed E-state index contributed by atoms with van der Waals surface area (Å²) in [4.78, 5) is 1.78. The van der Waals surface area contributed by atoms with Crippen LogP contribution < -0.4 is 0 Å². The molecule has 0 saturated carbocycles. The van der Waals surface area contributed by atoms with Crippen LogP contribution in [0.15, 0.2) is 29.2 Å². The fraction of sp³-hybridized carbons (Fsp3) is 0.333. The molecule has 0 aliphatic rings. The molecular weight excluding hydrogens is 250 g/mol. The topological polar surface area (TPSA) is 85.0 Å². The third kappa shape index (κ3) is 3.85. The smallest absolute Gasteiger partial charge is 0.179 e. The molecule has 94 valence electrons. The average Bonchev–Trinajstić information content (AvgIpc) is 2.37. The summed E-state index contributed by atoms with van der Waals surface area (Å²) < 4.78 is 24.0. The number of hydrogen-bond acceptors (Lipinski definition) is 5. The number of nitriles is 2. The summed E-state index contributed by atoms with van der Waals surface area (Å²) in [7, 11) is -1.72. The molecule has 0 spiro atoms. The molecule has 18 heavy (non-hydrogen) atoms. The van der Waals surface area contributed by atoms with Gasteiger partial charge in [-0.1, -0.05) is 6.07 Å². The van der Waals surface area contributed by atoms with Gasteiger partial charge in [0.15, 0.2) is 9.84 Å². The van der Waals surface area contributed by atoms with E-state index in [4.69, 9.17) is 10.5 Å². The second-order valence-corrected chi connectivity index (χ2v) is 5.96. The van der Waals surface area contributed by atoms with E-state index in [-0.39, 0.29) is 23.7 Å². The lowest BCUT2D eigenvalue weighted by atomic mass is 10.2. The van der Waals surface area contributed by atoms with Gasteiger partial charge in [-0.2, -0.15) is 10.5 Å². The summed E-state index contributed by atoms with van der Waals surface area (Å²) in [5, 5.41) is 17.2. The third-order valence-electron chi connectivity index (χ3n) is 2.40. The van der Waals surface area contributed by atoms with Gasteiger partial charge in [-0.3, -0.25) is 4.90 Å². The minimum absolute atomic E-state index is 0.0694. The van der Waals surface area contributed by atoms with Gasteiger partial charge < -0.3 is 0 Å². The van der Waals surface area contributed by atoms with Crippen molar-refractivity contribution in [3.05, 3.63) is 29.8 Å². The molecule has 0 N–H and O–H groups in total. The Bertz CT molecular complexity index is 596. The van der Waals surface area contributed by atoms with E-state index in [1.165, 1.54) is 12.1 Å². The maximum Gasteiger partial charge on any atom is 0.179 e. The first-order chi connectivity index (χ1) is 8.49. The lowest BCUT2D eigenvalue weighted by molar-refractivity contribution is 0.396. The Morgan fingerprint density at radius 3 is 2.67 bits per heavy atom. The van der Waals surface area contributed by atoms with E-state index in [0.717, 1.165) is 0 Å². The Kier molecular flexibility index (Phi) is 4.85. The van der Waals surface area contributed by atoms with Gasteiger partial charge >= 0.3 is 0 Å². The van der Waals surface area contributed by atoms with Crippen LogP contribution in [0.4, 0.5) is 0 Å². The molecule has 0 bridgehead atoms. The zero-order valence-corrected chi connectivity index (χ0v) is 10.8. The van der Waals surface area contributed by atoms with Gasteiger partial charge in [0.1, 0.15) is 0 Å². The molecule has 0 aliphatic carbocycles. The third-order valence-corrected chi connectivity index (χ3v) is 4.10. The lowest BCUT2D eigenvalue weighted by Gasteiger charge is -2.12. The molecule has 1 aromatic carbocycles. The number of hydrogen-bond donors (Lipinski definition) is 0. The molecular formula is C12H13N3O2S. The van der Waals surface area contributed by atoms with Crippen molar-refractivity contribution in [3.8, 4) is 12.1 Å². The van der Waals surface area contributed by atoms with E-state index in [9.17, 15) is 8.42 Å². The highest BCUT2D eigenvalue weighted by Gasteiger charge is 2.15. The molecule has 5 nitrogen and oxygen atoms in total. The second-order valence-electron chi connectivity index (χ2n) is 3.85. The first-order valence-corrected chi connectivity index (χ1v) is 6.93. The first-order valence-electron chi connectivity index (χ1n) is 5.28. The monoisotopic (exact) mass is 263 g/mol. The maximum absolute atomic E-state index is 12.0. The van der Waals surface area contributed by atoms with E-state index < -0.39 is 9.84 Å². The van der Waals surface area contributed by atoms with E-state index in [2.05, 4.69) is 0 Å². The van der Waals surface area contributed by atoms with Crippen molar-refractivity contribution < 1.29 is 8.42 Å². The highest BCUT2D eigenvalue weighted by molar-refractivity contribution is 7.91. The molecule has 6 heteroatoms. The van der Waals surface area contributed by atoms with Crippen LogP contribution in [0, 0.1) is 22.7 Å². The standard InChI is InChI=1S/C12H13N3O2S/c1-15(6-5-13)7-8-18(16,17)12-4-2-3-11(9-12)10-14/h2-4,9H,6-8H2,1H3. The predicted octanol–water partition coefficient (Wildman–Crippen LogP) is 0.787. The van der Waals surface area contributed by atoms with Crippen LogP contribution in [0.2, 0.25) is 0 Å². The SMILES string of the molecule is CN(CC#N)CCS(=O)(=O)c1cccc(C#N)c1. The Hall–Kier alpha value is -1.89. The summed E-state index contributed by atoms with van der Waals surface area (Å²) >= 11 is 0. The van der Waals surface area contributed by atoms with E-state index in [0.29, 0.717) is 5.56 Å². The van der Waals surface area contributed by atoms with Crippen molar-refractivity contribution in [1.82, 2.24) is 4.90 Å². The summed E-state index contributed by atoms with van der Waals surface area (Å²) in [6.07, 6.45) is 0. The van der Waals surface area contributed by atoms with Gasteiger partial charge in [0.2, 0.25) is 0 Å². The quantitative estimate of drug-likeness (QED) is 0.733. The van der Waals surface area contributed by atoms with E-state index in [1.807, 2.05) is 12.1 Å². The predicted molar refractivity (Wildman–Crippen MR) is 66.3 cm³/mol. The summed E-state index contributed by atoms with van der Waals surface area (Å²) in [5.74, 6) is -0.0694. The molecule has 0 saturated heterocycles. The van der Waals surface area contributed by atoms with Crippen LogP contribution in [-0.2, 0) is 9.84 Å². The van der Waals surface area contributed by atoms with E-state index >= 15 is 0 Å².